The van der Waals surface area contributed by atoms with Crippen LogP contribution in [0.1, 0.15) is 44.7 Å². The first kappa shape index (κ1) is 19.3. The van der Waals surface area contributed by atoms with Gasteiger partial charge in [-0.1, -0.05) is 54.6 Å². The summed E-state index contributed by atoms with van der Waals surface area (Å²) in [4.78, 5) is 29.9. The minimum Gasteiger partial charge on any atom is -0.451 e. The quantitative estimate of drug-likeness (QED) is 0.635. The molecule has 6 heteroatoms. The molecule has 5 nitrogen and oxygen atoms in total. The molecule has 2 aromatic carbocycles. The zero-order valence-corrected chi connectivity index (χ0v) is 17.0. The van der Waals surface area contributed by atoms with Crippen LogP contribution >= 0.6 is 11.3 Å². The Bertz CT molecular complexity index is 1030. The van der Waals surface area contributed by atoms with Crippen molar-refractivity contribution in [2.24, 2.45) is 0 Å². The van der Waals surface area contributed by atoms with E-state index >= 15 is 0 Å². The number of aromatic nitrogens is 1. The fraction of sp³-hybridized carbons (Fsp3) is 0.261. The number of fused-ring (bicyclic) bond motifs is 1. The summed E-state index contributed by atoms with van der Waals surface area (Å²) in [6.07, 6.45) is 2.95. The summed E-state index contributed by atoms with van der Waals surface area (Å²) in [7, 11) is 0. The van der Waals surface area contributed by atoms with Gasteiger partial charge in [-0.25, -0.2) is 9.78 Å². The molecule has 0 saturated carbocycles. The van der Waals surface area contributed by atoms with Crippen molar-refractivity contribution in [1.29, 1.82) is 0 Å². The van der Waals surface area contributed by atoms with Crippen LogP contribution in [0.4, 0.5) is 0 Å². The lowest BCUT2D eigenvalue weighted by Gasteiger charge is -2.26. The molecule has 1 amide bonds. The SMILES string of the molecule is Cc1nc(-c2ccccc2)c(C(=O)OCC(=O)N[C@H]2CCCc3ccccc32)s1. The maximum absolute atomic E-state index is 12.6. The number of carbonyl (C=O) groups is 2. The van der Waals surface area contributed by atoms with Crippen molar-refractivity contribution < 1.29 is 14.3 Å². The van der Waals surface area contributed by atoms with Crippen LogP contribution in [0.15, 0.2) is 54.6 Å². The third-order valence-corrected chi connectivity index (χ3v) is 5.96. The highest BCUT2D eigenvalue weighted by Crippen LogP contribution is 2.30. The van der Waals surface area contributed by atoms with E-state index < -0.39 is 5.97 Å². The molecule has 1 atom stereocenters. The average Bonchev–Trinajstić information content (AvgIpc) is 3.15. The van der Waals surface area contributed by atoms with Crippen molar-refractivity contribution in [1.82, 2.24) is 10.3 Å². The first-order valence-corrected chi connectivity index (χ1v) is 10.5. The van der Waals surface area contributed by atoms with Crippen molar-refractivity contribution in [2.45, 2.75) is 32.2 Å². The van der Waals surface area contributed by atoms with E-state index in [1.165, 1.54) is 16.9 Å². The molecule has 1 N–H and O–H groups in total. The Hall–Kier alpha value is -2.99. The van der Waals surface area contributed by atoms with Crippen molar-refractivity contribution >= 4 is 23.2 Å². The lowest BCUT2D eigenvalue weighted by atomic mass is 9.88. The second kappa shape index (κ2) is 8.57. The summed E-state index contributed by atoms with van der Waals surface area (Å²) in [6.45, 7) is 1.55. The molecule has 4 rings (SSSR count). The fourth-order valence-corrected chi connectivity index (χ4v) is 4.53. The second-order valence-corrected chi connectivity index (χ2v) is 8.27. The van der Waals surface area contributed by atoms with E-state index in [0.29, 0.717) is 10.6 Å². The van der Waals surface area contributed by atoms with Crippen molar-refractivity contribution in [3.8, 4) is 11.3 Å². The van der Waals surface area contributed by atoms with E-state index in [4.69, 9.17) is 4.74 Å². The van der Waals surface area contributed by atoms with Gasteiger partial charge in [0.25, 0.3) is 5.91 Å². The van der Waals surface area contributed by atoms with Crippen LogP contribution < -0.4 is 5.32 Å². The summed E-state index contributed by atoms with van der Waals surface area (Å²) in [5, 5.41) is 3.78. The standard InChI is InChI=1S/C23H22N2O3S/c1-15-24-21(17-9-3-2-4-10-17)22(29-15)23(27)28-14-20(26)25-19-13-7-11-16-8-5-6-12-18(16)19/h2-6,8-10,12,19H,7,11,13-14H2,1H3,(H,25,26)/t19-/m0/s1. The number of aryl methyl sites for hydroxylation is 2. The van der Waals surface area contributed by atoms with Crippen molar-refractivity contribution in [3.05, 3.63) is 75.6 Å². The van der Waals surface area contributed by atoms with Crippen LogP contribution in [0.5, 0.6) is 0 Å². The van der Waals surface area contributed by atoms with Gasteiger partial charge in [0, 0.05) is 5.56 Å². The predicted octanol–water partition coefficient (Wildman–Crippen LogP) is 4.47. The Kier molecular flexibility index (Phi) is 5.71. The normalized spacial score (nSPS) is 15.4. The van der Waals surface area contributed by atoms with E-state index in [-0.39, 0.29) is 18.6 Å². The highest BCUT2D eigenvalue weighted by molar-refractivity contribution is 7.14. The minimum absolute atomic E-state index is 0.0309. The van der Waals surface area contributed by atoms with Crippen LogP contribution in [-0.4, -0.2) is 23.5 Å². The van der Waals surface area contributed by atoms with Gasteiger partial charge in [-0.2, -0.15) is 0 Å². The molecule has 148 valence electrons. The maximum atomic E-state index is 12.6. The van der Waals surface area contributed by atoms with Crippen LogP contribution in [0.3, 0.4) is 0 Å². The van der Waals surface area contributed by atoms with Gasteiger partial charge in [0.1, 0.15) is 4.88 Å². The largest absolute Gasteiger partial charge is 0.451 e. The Labute approximate surface area is 173 Å². The zero-order chi connectivity index (χ0) is 20.2. The molecule has 0 unspecified atom stereocenters. The van der Waals surface area contributed by atoms with E-state index in [1.54, 1.807) is 0 Å². The number of ether oxygens (including phenoxy) is 1. The smallest absolute Gasteiger partial charge is 0.351 e. The second-order valence-electron chi connectivity index (χ2n) is 7.06. The Balaban J connectivity index is 1.40. The van der Waals surface area contributed by atoms with Crippen molar-refractivity contribution in [2.75, 3.05) is 6.61 Å². The summed E-state index contributed by atoms with van der Waals surface area (Å²) < 4.78 is 5.31. The predicted molar refractivity (Wildman–Crippen MR) is 113 cm³/mol. The van der Waals surface area contributed by atoms with Gasteiger partial charge < -0.3 is 10.1 Å². The first-order valence-electron chi connectivity index (χ1n) is 9.69. The van der Waals surface area contributed by atoms with Crippen LogP contribution in [0, 0.1) is 6.92 Å². The number of benzene rings is 2. The molecule has 1 aromatic heterocycles. The molecule has 0 spiro atoms. The van der Waals surface area contributed by atoms with Gasteiger partial charge in [-0.05, 0) is 37.3 Å². The Morgan fingerprint density at radius 3 is 2.72 bits per heavy atom. The van der Waals surface area contributed by atoms with E-state index in [1.807, 2.05) is 49.4 Å². The first-order chi connectivity index (χ1) is 14.1. The number of thiazole rings is 1. The number of nitrogens with zero attached hydrogens (tertiary/aromatic N) is 1. The van der Waals surface area contributed by atoms with E-state index in [0.717, 1.165) is 35.4 Å². The molecule has 0 radical (unpaired) electrons. The Morgan fingerprint density at radius 2 is 1.90 bits per heavy atom. The number of esters is 1. The zero-order valence-electron chi connectivity index (χ0n) is 16.2. The summed E-state index contributed by atoms with van der Waals surface area (Å²) in [5.41, 5.74) is 3.88. The number of carbonyl (C=O) groups excluding carboxylic acids is 2. The number of hydrogen-bond acceptors (Lipinski definition) is 5. The lowest BCUT2D eigenvalue weighted by molar-refractivity contribution is -0.125. The summed E-state index contributed by atoms with van der Waals surface area (Å²) in [6, 6.07) is 17.6. The lowest BCUT2D eigenvalue weighted by Crippen LogP contribution is -2.34. The minimum atomic E-state index is -0.520. The molecule has 0 aliphatic heterocycles. The summed E-state index contributed by atoms with van der Waals surface area (Å²) in [5.74, 6) is -0.809. The molecular weight excluding hydrogens is 384 g/mol. The molecule has 0 fully saturated rings. The van der Waals surface area contributed by atoms with Gasteiger partial charge in [0.2, 0.25) is 0 Å². The van der Waals surface area contributed by atoms with Gasteiger partial charge in [-0.15, -0.1) is 11.3 Å². The molecule has 1 aliphatic rings. The average molecular weight is 407 g/mol. The molecule has 0 bridgehead atoms. The molecule has 1 aliphatic carbocycles. The van der Waals surface area contributed by atoms with Crippen LogP contribution in [0.2, 0.25) is 0 Å². The molecular formula is C23H22N2O3S. The van der Waals surface area contributed by atoms with Crippen LogP contribution in [0.25, 0.3) is 11.3 Å². The monoisotopic (exact) mass is 406 g/mol. The maximum Gasteiger partial charge on any atom is 0.351 e. The Morgan fingerprint density at radius 1 is 1.14 bits per heavy atom. The highest BCUT2D eigenvalue weighted by atomic mass is 32.1. The molecule has 1 heterocycles. The topological polar surface area (TPSA) is 68.3 Å². The number of rotatable bonds is 5. The third kappa shape index (κ3) is 4.38. The van der Waals surface area contributed by atoms with Gasteiger partial charge >= 0.3 is 5.97 Å². The molecule has 29 heavy (non-hydrogen) atoms. The number of nitrogens with one attached hydrogen (secondary N) is 1. The number of hydrogen-bond donors (Lipinski definition) is 1. The van der Waals surface area contributed by atoms with Gasteiger partial charge in [0.15, 0.2) is 6.61 Å². The number of amides is 1. The fourth-order valence-electron chi connectivity index (χ4n) is 3.69. The summed E-state index contributed by atoms with van der Waals surface area (Å²) >= 11 is 1.28. The van der Waals surface area contributed by atoms with Gasteiger partial charge in [-0.3, -0.25) is 4.79 Å². The molecule has 3 aromatic rings. The van der Waals surface area contributed by atoms with E-state index in [2.05, 4.69) is 22.4 Å². The third-order valence-electron chi connectivity index (χ3n) is 5.01. The van der Waals surface area contributed by atoms with Crippen molar-refractivity contribution in [3.63, 3.8) is 0 Å². The van der Waals surface area contributed by atoms with Crippen LogP contribution in [-0.2, 0) is 16.0 Å². The van der Waals surface area contributed by atoms with E-state index in [9.17, 15) is 9.59 Å². The van der Waals surface area contributed by atoms with Gasteiger partial charge in [0.05, 0.1) is 16.7 Å². The highest BCUT2D eigenvalue weighted by Gasteiger charge is 2.23. The molecule has 0 saturated heterocycles.